The topological polar surface area (TPSA) is 70.2 Å². The molecule has 0 bridgehead atoms. The van der Waals surface area contributed by atoms with Gasteiger partial charge in [-0.25, -0.2) is 0 Å². The van der Waals surface area contributed by atoms with E-state index in [1.807, 2.05) is 18.2 Å². The predicted molar refractivity (Wildman–Crippen MR) is 109 cm³/mol. The zero-order valence-corrected chi connectivity index (χ0v) is 15.6. The maximum Gasteiger partial charge on any atom is 0.257 e. The van der Waals surface area contributed by atoms with Crippen molar-refractivity contribution >= 4 is 57.4 Å². The minimum atomic E-state index is -0.268. The number of carbonyl (C=O) groups is 1. The molecule has 0 saturated carbocycles. The molecule has 3 aromatic rings. The number of hydrogen-bond donors (Lipinski definition) is 2. The number of aromatic nitrogens is 2. The Bertz CT molecular complexity index is 965. The highest BCUT2D eigenvalue weighted by Crippen LogP contribution is 2.28. The first-order valence-corrected chi connectivity index (χ1v) is 9.53. The molecule has 1 amide bonds. The SMILES string of the molecule is O=C(NC(=S)Nc1ccccc1N1CCCC1)c1ccc2nsnc2c1. The zero-order valence-electron chi connectivity index (χ0n) is 13.9. The van der Waals surface area contributed by atoms with Gasteiger partial charge in [0.05, 0.1) is 23.1 Å². The Labute approximate surface area is 160 Å². The fraction of sp³-hybridized carbons (Fsp3) is 0.222. The average Bonchev–Trinajstić information content (AvgIpc) is 3.33. The highest BCUT2D eigenvalue weighted by molar-refractivity contribution is 7.80. The summed E-state index contributed by atoms with van der Waals surface area (Å²) in [6.07, 6.45) is 2.40. The van der Waals surface area contributed by atoms with Gasteiger partial charge in [-0.2, -0.15) is 8.75 Å². The Morgan fingerprint density at radius 2 is 1.85 bits per heavy atom. The van der Waals surface area contributed by atoms with Crippen molar-refractivity contribution < 1.29 is 4.79 Å². The first-order valence-electron chi connectivity index (χ1n) is 8.39. The van der Waals surface area contributed by atoms with Crippen LogP contribution in [0.5, 0.6) is 0 Å². The number of carbonyl (C=O) groups excluding carboxylic acids is 1. The third-order valence-electron chi connectivity index (χ3n) is 4.34. The molecule has 0 aliphatic carbocycles. The second-order valence-corrected chi connectivity index (χ2v) is 7.02. The van der Waals surface area contributed by atoms with Crippen molar-refractivity contribution in [2.24, 2.45) is 0 Å². The number of para-hydroxylation sites is 2. The molecule has 1 fully saturated rings. The molecule has 6 nitrogen and oxygen atoms in total. The molecule has 1 aliphatic rings. The fourth-order valence-electron chi connectivity index (χ4n) is 3.07. The second-order valence-electron chi connectivity index (χ2n) is 6.09. The zero-order chi connectivity index (χ0) is 17.9. The molecule has 8 heteroatoms. The van der Waals surface area contributed by atoms with E-state index in [2.05, 4.69) is 30.3 Å². The van der Waals surface area contributed by atoms with Gasteiger partial charge in [0.15, 0.2) is 5.11 Å². The van der Waals surface area contributed by atoms with Gasteiger partial charge in [0.25, 0.3) is 5.91 Å². The number of hydrogen-bond acceptors (Lipinski definition) is 6. The summed E-state index contributed by atoms with van der Waals surface area (Å²) < 4.78 is 8.30. The maximum atomic E-state index is 12.5. The molecule has 2 N–H and O–H groups in total. The van der Waals surface area contributed by atoms with Crippen LogP contribution in [0.2, 0.25) is 0 Å². The lowest BCUT2D eigenvalue weighted by Crippen LogP contribution is -2.34. The standard InChI is InChI=1S/C18H17N5OS2/c24-17(12-7-8-13-15(11-12)22-26-21-13)20-18(25)19-14-5-1-2-6-16(14)23-9-3-4-10-23/h1-2,5-8,11H,3-4,9-10H2,(H2,19,20,24,25). The highest BCUT2D eigenvalue weighted by atomic mass is 32.1. The molecule has 4 rings (SSSR count). The molecule has 26 heavy (non-hydrogen) atoms. The molecule has 1 saturated heterocycles. The van der Waals surface area contributed by atoms with Crippen molar-refractivity contribution in [2.75, 3.05) is 23.3 Å². The Morgan fingerprint density at radius 3 is 2.69 bits per heavy atom. The molecular weight excluding hydrogens is 366 g/mol. The molecule has 0 atom stereocenters. The van der Waals surface area contributed by atoms with Gasteiger partial charge >= 0.3 is 0 Å². The molecule has 0 unspecified atom stereocenters. The lowest BCUT2D eigenvalue weighted by molar-refractivity contribution is 0.0978. The second kappa shape index (κ2) is 7.35. The van der Waals surface area contributed by atoms with Gasteiger partial charge in [-0.1, -0.05) is 12.1 Å². The molecule has 0 spiro atoms. The molecule has 0 radical (unpaired) electrons. The van der Waals surface area contributed by atoms with Crippen LogP contribution in [-0.4, -0.2) is 32.9 Å². The Balaban J connectivity index is 1.46. The van der Waals surface area contributed by atoms with Crippen LogP contribution in [-0.2, 0) is 0 Å². The van der Waals surface area contributed by atoms with E-state index >= 15 is 0 Å². The fourth-order valence-corrected chi connectivity index (χ4v) is 3.79. The van der Waals surface area contributed by atoms with Crippen LogP contribution in [0, 0.1) is 0 Å². The summed E-state index contributed by atoms with van der Waals surface area (Å²) in [7, 11) is 0. The van der Waals surface area contributed by atoms with Crippen LogP contribution in [0.15, 0.2) is 42.5 Å². The largest absolute Gasteiger partial charge is 0.370 e. The average molecular weight is 384 g/mol. The first-order chi connectivity index (χ1) is 12.7. The van der Waals surface area contributed by atoms with E-state index in [4.69, 9.17) is 12.2 Å². The number of anilines is 2. The van der Waals surface area contributed by atoms with E-state index < -0.39 is 0 Å². The molecule has 2 aromatic carbocycles. The number of nitrogens with zero attached hydrogens (tertiary/aromatic N) is 3. The predicted octanol–water partition coefficient (Wildman–Crippen LogP) is 3.42. The van der Waals surface area contributed by atoms with Gasteiger partial charge in [0.1, 0.15) is 11.0 Å². The van der Waals surface area contributed by atoms with Gasteiger partial charge in [-0.3, -0.25) is 10.1 Å². The first kappa shape index (κ1) is 16.9. The lowest BCUT2D eigenvalue weighted by atomic mass is 10.2. The minimum Gasteiger partial charge on any atom is -0.370 e. The Kier molecular flexibility index (Phi) is 4.77. The number of nitrogens with one attached hydrogen (secondary N) is 2. The monoisotopic (exact) mass is 383 g/mol. The number of benzene rings is 2. The Hall–Kier alpha value is -2.58. The van der Waals surface area contributed by atoms with Crippen molar-refractivity contribution in [1.82, 2.24) is 14.1 Å². The normalized spacial score (nSPS) is 13.8. The highest BCUT2D eigenvalue weighted by Gasteiger charge is 2.16. The maximum absolute atomic E-state index is 12.5. The van der Waals surface area contributed by atoms with Crippen LogP contribution < -0.4 is 15.5 Å². The van der Waals surface area contributed by atoms with Crippen molar-refractivity contribution in [3.63, 3.8) is 0 Å². The summed E-state index contributed by atoms with van der Waals surface area (Å²) in [5.74, 6) is -0.268. The number of thiocarbonyl (C=S) groups is 1. The molecule has 132 valence electrons. The quantitative estimate of drug-likeness (QED) is 0.676. The van der Waals surface area contributed by atoms with Gasteiger partial charge in [-0.05, 0) is 55.4 Å². The third-order valence-corrected chi connectivity index (χ3v) is 5.10. The van der Waals surface area contributed by atoms with Crippen molar-refractivity contribution in [2.45, 2.75) is 12.8 Å². The molecular formula is C18H17N5OS2. The van der Waals surface area contributed by atoms with E-state index in [1.54, 1.807) is 18.2 Å². The van der Waals surface area contributed by atoms with Crippen LogP contribution in [0.3, 0.4) is 0 Å². The van der Waals surface area contributed by atoms with E-state index in [0.717, 1.165) is 41.7 Å². The van der Waals surface area contributed by atoms with Crippen molar-refractivity contribution in [3.05, 3.63) is 48.0 Å². The number of amides is 1. The summed E-state index contributed by atoms with van der Waals surface area (Å²) in [5, 5.41) is 6.17. The number of rotatable bonds is 3. The number of fused-ring (bicyclic) bond motifs is 1. The van der Waals surface area contributed by atoms with Crippen molar-refractivity contribution in [3.8, 4) is 0 Å². The smallest absolute Gasteiger partial charge is 0.257 e. The van der Waals surface area contributed by atoms with Crippen LogP contribution in [0.1, 0.15) is 23.2 Å². The van der Waals surface area contributed by atoms with Crippen LogP contribution in [0.25, 0.3) is 11.0 Å². The summed E-state index contributed by atoms with van der Waals surface area (Å²) in [4.78, 5) is 14.8. The van der Waals surface area contributed by atoms with Crippen LogP contribution >= 0.6 is 23.9 Å². The van der Waals surface area contributed by atoms with Gasteiger partial charge in [-0.15, -0.1) is 0 Å². The van der Waals surface area contributed by atoms with Gasteiger partial charge in [0.2, 0.25) is 0 Å². The van der Waals surface area contributed by atoms with E-state index in [0.29, 0.717) is 11.1 Å². The molecule has 2 heterocycles. The van der Waals surface area contributed by atoms with Crippen molar-refractivity contribution in [1.29, 1.82) is 0 Å². The minimum absolute atomic E-state index is 0.268. The lowest BCUT2D eigenvalue weighted by Gasteiger charge is -2.22. The van der Waals surface area contributed by atoms with E-state index in [1.165, 1.54) is 12.8 Å². The third kappa shape index (κ3) is 3.51. The van der Waals surface area contributed by atoms with Gasteiger partial charge in [0, 0.05) is 18.7 Å². The summed E-state index contributed by atoms with van der Waals surface area (Å²) >= 11 is 6.47. The summed E-state index contributed by atoms with van der Waals surface area (Å²) in [6.45, 7) is 2.08. The van der Waals surface area contributed by atoms with Crippen LogP contribution in [0.4, 0.5) is 11.4 Å². The van der Waals surface area contributed by atoms with E-state index in [-0.39, 0.29) is 11.0 Å². The molecule has 1 aliphatic heterocycles. The summed E-state index contributed by atoms with van der Waals surface area (Å²) in [5.41, 5.74) is 4.00. The molecule has 1 aromatic heterocycles. The summed E-state index contributed by atoms with van der Waals surface area (Å²) in [6, 6.07) is 13.2. The van der Waals surface area contributed by atoms with E-state index in [9.17, 15) is 4.79 Å². The van der Waals surface area contributed by atoms with Gasteiger partial charge < -0.3 is 10.2 Å². The Morgan fingerprint density at radius 1 is 1.08 bits per heavy atom.